The van der Waals surface area contributed by atoms with E-state index in [0.29, 0.717) is 0 Å². The van der Waals surface area contributed by atoms with E-state index in [1.807, 2.05) is 42.3 Å². The van der Waals surface area contributed by atoms with Crippen molar-refractivity contribution in [2.75, 3.05) is 13.6 Å². The third kappa shape index (κ3) is 3.25. The first-order chi connectivity index (χ1) is 12.8. The summed E-state index contributed by atoms with van der Waals surface area (Å²) in [6, 6.07) is 10.3. The molecule has 7 heteroatoms. The molecule has 0 fully saturated rings. The van der Waals surface area contributed by atoms with Crippen LogP contribution in [0.15, 0.2) is 47.7 Å². The molecule has 7 nitrogen and oxygen atoms in total. The predicted molar refractivity (Wildman–Crippen MR) is 100 cm³/mol. The van der Waals surface area contributed by atoms with E-state index in [1.165, 1.54) is 5.56 Å². The molecule has 1 aliphatic heterocycles. The Labute approximate surface area is 152 Å². The summed E-state index contributed by atoms with van der Waals surface area (Å²) in [5.74, 6) is 0.794. The zero-order valence-electron chi connectivity index (χ0n) is 15.1. The van der Waals surface area contributed by atoms with Crippen molar-refractivity contribution in [2.24, 2.45) is 4.99 Å². The van der Waals surface area contributed by atoms with Gasteiger partial charge in [0.1, 0.15) is 11.2 Å². The Hall–Kier alpha value is -2.93. The Kier molecular flexibility index (Phi) is 4.53. The molecule has 134 valence electrons. The van der Waals surface area contributed by atoms with E-state index >= 15 is 0 Å². The van der Waals surface area contributed by atoms with Crippen molar-refractivity contribution in [1.82, 2.24) is 30.0 Å². The third-order valence-electron chi connectivity index (χ3n) is 4.40. The minimum absolute atomic E-state index is 0.0700. The molecule has 0 amide bonds. The van der Waals surface area contributed by atoms with E-state index < -0.39 is 0 Å². The molecule has 1 unspecified atom stereocenters. The van der Waals surface area contributed by atoms with Gasteiger partial charge in [-0.3, -0.25) is 10.00 Å². The highest BCUT2D eigenvalue weighted by Crippen LogP contribution is 2.12. The van der Waals surface area contributed by atoms with Crippen molar-refractivity contribution in [3.8, 4) is 11.4 Å². The lowest BCUT2D eigenvalue weighted by atomic mass is 10.2. The van der Waals surface area contributed by atoms with Gasteiger partial charge in [-0.25, -0.2) is 9.98 Å². The molecule has 3 aromatic rings. The van der Waals surface area contributed by atoms with Gasteiger partial charge in [0.05, 0.1) is 18.3 Å². The Balaban J connectivity index is 1.62. The molecule has 2 N–H and O–H groups in total. The quantitative estimate of drug-likeness (QED) is 0.694. The summed E-state index contributed by atoms with van der Waals surface area (Å²) >= 11 is 0. The van der Waals surface area contributed by atoms with E-state index in [4.69, 9.17) is 4.99 Å². The number of hydrogen-bond acceptors (Lipinski definition) is 5. The summed E-state index contributed by atoms with van der Waals surface area (Å²) in [6.07, 6.45) is 6.94. The van der Waals surface area contributed by atoms with Crippen LogP contribution in [0.1, 0.15) is 18.9 Å². The molecular weight excluding hydrogens is 326 g/mol. The van der Waals surface area contributed by atoms with Crippen molar-refractivity contribution >= 4 is 6.20 Å². The van der Waals surface area contributed by atoms with Crippen molar-refractivity contribution in [3.05, 3.63) is 59.1 Å². The highest BCUT2D eigenvalue weighted by atomic mass is 15.4. The van der Waals surface area contributed by atoms with Crippen LogP contribution in [-0.4, -0.2) is 44.5 Å². The molecule has 0 radical (unpaired) electrons. The van der Waals surface area contributed by atoms with Gasteiger partial charge in [0.2, 0.25) is 0 Å². The van der Waals surface area contributed by atoms with E-state index in [1.54, 1.807) is 0 Å². The molecule has 4 rings (SSSR count). The second-order valence-corrected chi connectivity index (χ2v) is 6.39. The van der Waals surface area contributed by atoms with Gasteiger partial charge in [-0.2, -0.15) is 5.10 Å². The maximum atomic E-state index is 4.70. The molecule has 26 heavy (non-hydrogen) atoms. The van der Waals surface area contributed by atoms with Crippen LogP contribution in [0.4, 0.5) is 0 Å². The molecule has 0 spiro atoms. The van der Waals surface area contributed by atoms with Crippen LogP contribution < -0.4 is 16.2 Å². The summed E-state index contributed by atoms with van der Waals surface area (Å²) in [5, 5.41) is 8.62. The first-order valence-corrected chi connectivity index (χ1v) is 8.92. The van der Waals surface area contributed by atoms with Crippen LogP contribution in [0.25, 0.3) is 17.6 Å². The highest BCUT2D eigenvalue weighted by Gasteiger charge is 2.17. The fraction of sp³-hybridized carbons (Fsp3) is 0.316. The Morgan fingerprint density at radius 3 is 2.85 bits per heavy atom. The lowest BCUT2D eigenvalue weighted by molar-refractivity contribution is 0.267. The smallest absolute Gasteiger partial charge is 0.178 e. The second-order valence-electron chi connectivity index (χ2n) is 6.39. The lowest BCUT2D eigenvalue weighted by Gasteiger charge is -2.27. The van der Waals surface area contributed by atoms with Crippen LogP contribution in [-0.2, 0) is 6.54 Å². The fourth-order valence-electron chi connectivity index (χ4n) is 3.15. The van der Waals surface area contributed by atoms with Gasteiger partial charge < -0.3 is 9.88 Å². The van der Waals surface area contributed by atoms with Crippen LogP contribution in [0.2, 0.25) is 0 Å². The zero-order chi connectivity index (χ0) is 17.9. The molecule has 0 saturated carbocycles. The maximum absolute atomic E-state index is 4.70. The number of imidazole rings is 1. The molecule has 1 aromatic carbocycles. The number of H-pyrrole nitrogens is 1. The fourth-order valence-corrected chi connectivity index (χ4v) is 3.15. The van der Waals surface area contributed by atoms with Crippen LogP contribution in [0.3, 0.4) is 0 Å². The largest absolute Gasteiger partial charge is 0.342 e. The minimum Gasteiger partial charge on any atom is -0.342 e. The maximum Gasteiger partial charge on any atom is 0.178 e. The Morgan fingerprint density at radius 2 is 2.08 bits per heavy atom. The molecular formula is C19H23N7. The number of aromatic amines is 1. The van der Waals surface area contributed by atoms with E-state index in [0.717, 1.165) is 41.7 Å². The molecule has 1 aliphatic rings. The standard InChI is InChI=1S/C19H23N7/c1-3-9-25-13-16-18(24-19(25)20-2)23-17(22-16)15-10-21-26(12-15)11-14-7-5-4-6-8-14/h4-8,10,12-13,19-20H,3,9,11H2,1-2H3,(H,22,23,24). The second kappa shape index (κ2) is 7.13. The minimum atomic E-state index is -0.0700. The number of benzene rings is 1. The Bertz CT molecular complexity index is 987. The van der Waals surface area contributed by atoms with Crippen LogP contribution >= 0.6 is 0 Å². The number of hydrogen-bond donors (Lipinski definition) is 2. The highest BCUT2D eigenvalue weighted by molar-refractivity contribution is 5.52. The molecule has 3 heterocycles. The van der Waals surface area contributed by atoms with Gasteiger partial charge in [-0.05, 0) is 19.0 Å². The summed E-state index contributed by atoms with van der Waals surface area (Å²) in [6.45, 7) is 3.84. The molecule has 0 saturated heterocycles. The van der Waals surface area contributed by atoms with Crippen molar-refractivity contribution in [3.63, 3.8) is 0 Å². The normalized spacial score (nSPS) is 16.1. The topological polar surface area (TPSA) is 74.1 Å². The van der Waals surface area contributed by atoms with E-state index in [9.17, 15) is 0 Å². The summed E-state index contributed by atoms with van der Waals surface area (Å²) in [5.41, 5.74) is 2.92. The van der Waals surface area contributed by atoms with Crippen LogP contribution in [0, 0.1) is 0 Å². The van der Waals surface area contributed by atoms with Gasteiger partial charge in [0.25, 0.3) is 0 Å². The van der Waals surface area contributed by atoms with Gasteiger partial charge in [0, 0.05) is 18.9 Å². The SMILES string of the molecule is CCCN1C=c2[nH]c(-c3cnn(Cc4ccccc4)c3)nc2=NC1NC. The first-order valence-electron chi connectivity index (χ1n) is 8.92. The average Bonchev–Trinajstić information content (AvgIpc) is 3.28. The number of fused-ring (bicyclic) bond motifs is 1. The monoisotopic (exact) mass is 349 g/mol. The molecule has 0 bridgehead atoms. The zero-order valence-corrected chi connectivity index (χ0v) is 15.1. The van der Waals surface area contributed by atoms with Gasteiger partial charge >= 0.3 is 0 Å². The van der Waals surface area contributed by atoms with Crippen molar-refractivity contribution < 1.29 is 0 Å². The van der Waals surface area contributed by atoms with E-state index in [-0.39, 0.29) is 6.29 Å². The number of nitrogens with zero attached hydrogens (tertiary/aromatic N) is 5. The summed E-state index contributed by atoms with van der Waals surface area (Å²) < 4.78 is 1.92. The number of nitrogens with one attached hydrogen (secondary N) is 2. The Morgan fingerprint density at radius 1 is 1.23 bits per heavy atom. The summed E-state index contributed by atoms with van der Waals surface area (Å²) in [7, 11) is 1.91. The third-order valence-corrected chi connectivity index (χ3v) is 4.40. The van der Waals surface area contributed by atoms with E-state index in [2.05, 4.69) is 50.5 Å². The van der Waals surface area contributed by atoms with Gasteiger partial charge in [-0.15, -0.1) is 0 Å². The van der Waals surface area contributed by atoms with Crippen molar-refractivity contribution in [1.29, 1.82) is 0 Å². The predicted octanol–water partition coefficient (Wildman–Crippen LogP) is 0.908. The summed E-state index contributed by atoms with van der Waals surface area (Å²) in [4.78, 5) is 14.9. The number of rotatable bonds is 6. The van der Waals surface area contributed by atoms with Crippen molar-refractivity contribution in [2.45, 2.75) is 26.2 Å². The van der Waals surface area contributed by atoms with Gasteiger partial charge in [0.15, 0.2) is 11.8 Å². The average molecular weight is 349 g/mol. The lowest BCUT2D eigenvalue weighted by Crippen LogP contribution is -2.48. The first kappa shape index (κ1) is 16.5. The molecule has 2 aromatic heterocycles. The number of aromatic nitrogens is 4. The molecule has 0 aliphatic carbocycles. The molecule has 1 atom stereocenters. The van der Waals surface area contributed by atoms with Gasteiger partial charge in [-0.1, -0.05) is 37.3 Å². The van der Waals surface area contributed by atoms with Crippen LogP contribution in [0.5, 0.6) is 0 Å².